The fourth-order valence-corrected chi connectivity index (χ4v) is 3.07. The molecule has 0 atom stereocenters. The monoisotopic (exact) mass is 361 g/mol. The van der Waals surface area contributed by atoms with Gasteiger partial charge in [-0.25, -0.2) is 0 Å². The predicted molar refractivity (Wildman–Crippen MR) is 86.0 cm³/mol. The van der Waals surface area contributed by atoms with Gasteiger partial charge in [-0.1, -0.05) is 33.6 Å². The smallest absolute Gasteiger partial charge is 0.231 e. The van der Waals surface area contributed by atoms with Gasteiger partial charge in [-0.15, -0.1) is 0 Å². The minimum atomic E-state index is 0.259. The highest BCUT2D eigenvalue weighted by molar-refractivity contribution is 9.10. The molecule has 21 heavy (non-hydrogen) atoms. The van der Waals surface area contributed by atoms with Crippen LogP contribution in [0.1, 0.15) is 0 Å². The third-order valence-corrected chi connectivity index (χ3v) is 4.35. The molecule has 1 aliphatic heterocycles. The number of hydrogen-bond donors (Lipinski definition) is 0. The normalized spacial score (nSPS) is 12.9. The number of nitrogens with zero attached hydrogens (tertiary/aromatic N) is 1. The summed E-state index contributed by atoms with van der Waals surface area (Å²) in [6, 6.07) is 11.6. The second kappa shape index (κ2) is 4.90. The molecule has 0 radical (unpaired) electrons. The van der Waals surface area contributed by atoms with E-state index in [-0.39, 0.29) is 6.79 Å². The lowest BCUT2D eigenvalue weighted by molar-refractivity contribution is 0.174. The molecule has 0 aliphatic carbocycles. The molecule has 2 heterocycles. The molecule has 104 valence electrons. The average molecular weight is 363 g/mol. The second-order valence-electron chi connectivity index (χ2n) is 4.72. The van der Waals surface area contributed by atoms with Crippen LogP contribution in [-0.4, -0.2) is 11.8 Å². The van der Waals surface area contributed by atoms with E-state index < -0.39 is 0 Å². The molecule has 0 fully saturated rings. The van der Waals surface area contributed by atoms with Crippen molar-refractivity contribution >= 4 is 38.4 Å². The van der Waals surface area contributed by atoms with Gasteiger partial charge in [0.25, 0.3) is 0 Å². The second-order valence-corrected chi connectivity index (χ2v) is 6.01. The van der Waals surface area contributed by atoms with Crippen LogP contribution in [0.4, 0.5) is 0 Å². The molecule has 0 spiro atoms. The topological polar surface area (TPSA) is 31.4 Å². The standard InChI is InChI=1S/C16H9BrClNO2/c17-10-2-3-13-11(6-10)16(18)12(7-19-13)9-1-4-14-15(5-9)21-8-20-14/h1-7H,8H2. The van der Waals surface area contributed by atoms with E-state index in [2.05, 4.69) is 20.9 Å². The summed E-state index contributed by atoms with van der Waals surface area (Å²) >= 11 is 10.0. The van der Waals surface area contributed by atoms with E-state index in [1.807, 2.05) is 36.4 Å². The van der Waals surface area contributed by atoms with E-state index in [0.717, 1.165) is 38.0 Å². The minimum Gasteiger partial charge on any atom is -0.454 e. The van der Waals surface area contributed by atoms with Crippen molar-refractivity contribution in [1.29, 1.82) is 0 Å². The van der Waals surface area contributed by atoms with Crippen LogP contribution >= 0.6 is 27.5 Å². The SMILES string of the molecule is Clc1c(-c2ccc3c(c2)OCO3)cnc2ccc(Br)cc12. The van der Waals surface area contributed by atoms with Crippen molar-refractivity contribution in [3.63, 3.8) is 0 Å². The summed E-state index contributed by atoms with van der Waals surface area (Å²) in [4.78, 5) is 4.48. The highest BCUT2D eigenvalue weighted by atomic mass is 79.9. The van der Waals surface area contributed by atoms with Crippen LogP contribution < -0.4 is 9.47 Å². The molecule has 0 unspecified atom stereocenters. The zero-order valence-corrected chi connectivity index (χ0v) is 13.1. The first-order valence-electron chi connectivity index (χ1n) is 6.36. The number of pyridine rings is 1. The predicted octanol–water partition coefficient (Wildman–Crippen LogP) is 5.05. The molecule has 4 rings (SSSR count). The van der Waals surface area contributed by atoms with Crippen molar-refractivity contribution in [2.75, 3.05) is 6.79 Å². The van der Waals surface area contributed by atoms with Gasteiger partial charge in [0.15, 0.2) is 11.5 Å². The number of halogens is 2. The Morgan fingerprint density at radius 3 is 2.81 bits per heavy atom. The zero-order valence-electron chi connectivity index (χ0n) is 10.8. The van der Waals surface area contributed by atoms with Gasteiger partial charge >= 0.3 is 0 Å². The van der Waals surface area contributed by atoms with Crippen molar-refractivity contribution in [3.8, 4) is 22.6 Å². The number of hydrogen-bond acceptors (Lipinski definition) is 3. The Bertz CT molecular complexity index is 866. The van der Waals surface area contributed by atoms with Crippen LogP contribution in [0.25, 0.3) is 22.0 Å². The van der Waals surface area contributed by atoms with E-state index in [1.165, 1.54) is 0 Å². The van der Waals surface area contributed by atoms with Crippen molar-refractivity contribution in [3.05, 3.63) is 52.1 Å². The van der Waals surface area contributed by atoms with Gasteiger partial charge in [0.05, 0.1) is 10.5 Å². The van der Waals surface area contributed by atoms with Gasteiger partial charge < -0.3 is 9.47 Å². The molecule has 2 aromatic carbocycles. The highest BCUT2D eigenvalue weighted by Gasteiger charge is 2.16. The van der Waals surface area contributed by atoms with Gasteiger partial charge in [0.1, 0.15) is 0 Å². The Morgan fingerprint density at radius 1 is 1.05 bits per heavy atom. The van der Waals surface area contributed by atoms with Crippen molar-refractivity contribution in [2.45, 2.75) is 0 Å². The molecule has 0 saturated carbocycles. The van der Waals surface area contributed by atoms with Crippen LogP contribution in [0.5, 0.6) is 11.5 Å². The van der Waals surface area contributed by atoms with Crippen LogP contribution in [0.15, 0.2) is 47.1 Å². The third kappa shape index (κ3) is 2.15. The number of aromatic nitrogens is 1. The van der Waals surface area contributed by atoms with Crippen LogP contribution in [-0.2, 0) is 0 Å². The van der Waals surface area contributed by atoms with E-state index in [1.54, 1.807) is 6.20 Å². The lowest BCUT2D eigenvalue weighted by Gasteiger charge is -2.08. The molecule has 3 nitrogen and oxygen atoms in total. The quantitative estimate of drug-likeness (QED) is 0.607. The number of ether oxygens (including phenoxy) is 2. The van der Waals surface area contributed by atoms with Crippen LogP contribution in [0.2, 0.25) is 5.02 Å². The first-order valence-corrected chi connectivity index (χ1v) is 7.53. The third-order valence-electron chi connectivity index (χ3n) is 3.45. The van der Waals surface area contributed by atoms with Gasteiger partial charge in [-0.05, 0) is 35.9 Å². The molecule has 5 heteroatoms. The minimum absolute atomic E-state index is 0.259. The summed E-state index contributed by atoms with van der Waals surface area (Å²) in [5.74, 6) is 1.49. The van der Waals surface area contributed by atoms with E-state index >= 15 is 0 Å². The summed E-state index contributed by atoms with van der Waals surface area (Å²) in [6.45, 7) is 0.259. The van der Waals surface area contributed by atoms with Gasteiger partial charge in [0, 0.05) is 21.6 Å². The molecular formula is C16H9BrClNO2. The van der Waals surface area contributed by atoms with E-state index in [0.29, 0.717) is 5.02 Å². The van der Waals surface area contributed by atoms with E-state index in [4.69, 9.17) is 21.1 Å². The summed E-state index contributed by atoms with van der Waals surface area (Å²) in [5.41, 5.74) is 2.70. The van der Waals surface area contributed by atoms with Crippen molar-refractivity contribution in [2.24, 2.45) is 0 Å². The molecule has 3 aromatic rings. The summed E-state index contributed by atoms with van der Waals surface area (Å²) < 4.78 is 11.7. The summed E-state index contributed by atoms with van der Waals surface area (Å²) in [5, 5.41) is 1.60. The zero-order chi connectivity index (χ0) is 14.4. The Kier molecular flexibility index (Phi) is 3.01. The van der Waals surface area contributed by atoms with Gasteiger partial charge in [0.2, 0.25) is 6.79 Å². The van der Waals surface area contributed by atoms with Crippen LogP contribution in [0.3, 0.4) is 0 Å². The number of rotatable bonds is 1. The van der Waals surface area contributed by atoms with Crippen molar-refractivity contribution < 1.29 is 9.47 Å². The van der Waals surface area contributed by atoms with Gasteiger partial charge in [-0.3, -0.25) is 4.98 Å². The maximum Gasteiger partial charge on any atom is 0.231 e. The lowest BCUT2D eigenvalue weighted by Crippen LogP contribution is -1.92. The molecular weight excluding hydrogens is 354 g/mol. The average Bonchev–Trinajstić information content (AvgIpc) is 2.95. The maximum absolute atomic E-state index is 6.57. The highest BCUT2D eigenvalue weighted by Crippen LogP contribution is 2.39. The number of fused-ring (bicyclic) bond motifs is 2. The Balaban J connectivity index is 1.92. The van der Waals surface area contributed by atoms with E-state index in [9.17, 15) is 0 Å². The Hall–Kier alpha value is -1.78. The fraction of sp³-hybridized carbons (Fsp3) is 0.0625. The molecule has 1 aliphatic rings. The lowest BCUT2D eigenvalue weighted by atomic mass is 10.0. The molecule has 0 saturated heterocycles. The maximum atomic E-state index is 6.57. The Morgan fingerprint density at radius 2 is 1.90 bits per heavy atom. The fourth-order valence-electron chi connectivity index (χ4n) is 2.40. The van der Waals surface area contributed by atoms with Crippen LogP contribution in [0, 0.1) is 0 Å². The Labute approximate surface area is 134 Å². The largest absolute Gasteiger partial charge is 0.454 e. The summed E-state index contributed by atoms with van der Waals surface area (Å²) in [7, 11) is 0. The number of benzene rings is 2. The first-order chi connectivity index (χ1) is 10.2. The molecule has 1 aromatic heterocycles. The first kappa shape index (κ1) is 12.9. The summed E-state index contributed by atoms with van der Waals surface area (Å²) in [6.07, 6.45) is 1.79. The molecule has 0 N–H and O–H groups in total. The molecule has 0 amide bonds. The van der Waals surface area contributed by atoms with Crippen molar-refractivity contribution in [1.82, 2.24) is 4.98 Å². The molecule has 0 bridgehead atoms. The van der Waals surface area contributed by atoms with Gasteiger partial charge in [-0.2, -0.15) is 0 Å².